The van der Waals surface area contributed by atoms with Crippen LogP contribution in [0.25, 0.3) is 16.9 Å². The fraction of sp³-hybridized carbons (Fsp3) is 0.474. The molecule has 1 aliphatic heterocycles. The molecule has 0 unspecified atom stereocenters. The molecule has 1 aliphatic rings. The van der Waals surface area contributed by atoms with E-state index in [1.165, 1.54) is 0 Å². The Balaban J connectivity index is 1.62. The predicted molar refractivity (Wildman–Crippen MR) is 101 cm³/mol. The minimum absolute atomic E-state index is 0.218. The molecule has 0 spiro atoms. The van der Waals surface area contributed by atoms with E-state index >= 15 is 0 Å². The van der Waals surface area contributed by atoms with Gasteiger partial charge in [0.15, 0.2) is 11.3 Å². The van der Waals surface area contributed by atoms with Crippen LogP contribution < -0.4 is 5.32 Å². The topological polar surface area (TPSA) is 86.3 Å². The molecule has 1 atom stereocenters. The zero-order chi connectivity index (χ0) is 19.0. The van der Waals surface area contributed by atoms with Gasteiger partial charge in [0.1, 0.15) is 0 Å². The molecule has 1 saturated heterocycles. The maximum Gasteiger partial charge on any atom is 0.271 e. The number of hydrogen-bond donors (Lipinski definition) is 1. The van der Waals surface area contributed by atoms with Gasteiger partial charge in [0.05, 0.1) is 17.0 Å². The van der Waals surface area contributed by atoms with Crippen LogP contribution >= 0.6 is 0 Å². The number of nitrogens with one attached hydrogen (secondary N) is 1. The van der Waals surface area contributed by atoms with Gasteiger partial charge in [-0.1, -0.05) is 0 Å². The van der Waals surface area contributed by atoms with Crippen LogP contribution in [0.3, 0.4) is 0 Å². The first kappa shape index (κ1) is 17.7. The van der Waals surface area contributed by atoms with E-state index in [1.54, 1.807) is 16.8 Å². The Morgan fingerprint density at radius 1 is 1.41 bits per heavy atom. The third kappa shape index (κ3) is 3.32. The summed E-state index contributed by atoms with van der Waals surface area (Å²) in [5, 5.41) is 11.9. The molecule has 3 aromatic heterocycles. The molecule has 8 heteroatoms. The highest BCUT2D eigenvalue weighted by molar-refractivity contribution is 5.93. The number of hydrogen-bond acceptors (Lipinski definition) is 5. The number of ether oxygens (including phenoxy) is 1. The van der Waals surface area contributed by atoms with Gasteiger partial charge in [-0.15, -0.1) is 0 Å². The highest BCUT2D eigenvalue weighted by Crippen LogP contribution is 2.25. The van der Waals surface area contributed by atoms with Crippen molar-refractivity contribution >= 4 is 11.6 Å². The van der Waals surface area contributed by atoms with Crippen molar-refractivity contribution in [1.29, 1.82) is 0 Å². The second-order valence-electron chi connectivity index (χ2n) is 7.20. The average Bonchev–Trinajstić information content (AvgIpc) is 3.37. The van der Waals surface area contributed by atoms with E-state index in [0.29, 0.717) is 17.9 Å². The number of carbonyl (C=O) groups is 1. The summed E-state index contributed by atoms with van der Waals surface area (Å²) in [6, 6.07) is 3.59. The molecule has 3 aromatic rings. The minimum atomic E-state index is -0.288. The maximum atomic E-state index is 12.6. The Bertz CT molecular complexity index is 983. The van der Waals surface area contributed by atoms with Crippen LogP contribution in [0, 0.1) is 6.92 Å². The second-order valence-corrected chi connectivity index (χ2v) is 7.20. The summed E-state index contributed by atoms with van der Waals surface area (Å²) in [5.41, 5.74) is 3.44. The number of aryl methyl sites for hydroxylation is 2. The lowest BCUT2D eigenvalue weighted by molar-refractivity contribution is 0.0205. The molecule has 0 aliphatic carbocycles. The number of rotatable bonds is 5. The molecular formula is C19H24N6O2. The maximum absolute atomic E-state index is 12.6. The fourth-order valence-corrected chi connectivity index (χ4v) is 3.48. The molecule has 8 nitrogen and oxygen atoms in total. The van der Waals surface area contributed by atoms with Crippen LogP contribution in [0.5, 0.6) is 0 Å². The molecule has 4 rings (SSSR count). The number of carbonyl (C=O) groups excluding carboxylic acids is 1. The van der Waals surface area contributed by atoms with Crippen molar-refractivity contribution in [2.24, 2.45) is 0 Å². The average molecular weight is 368 g/mol. The Morgan fingerprint density at radius 2 is 2.26 bits per heavy atom. The first-order valence-corrected chi connectivity index (χ1v) is 9.30. The SMILES string of the molecule is CCn1cc(-c2ccnc3cc(C(=O)NC[C@@]4(C)CCCO4)nn23)c(C)n1. The zero-order valence-electron chi connectivity index (χ0n) is 15.9. The number of nitrogens with zero attached hydrogens (tertiary/aromatic N) is 5. The summed E-state index contributed by atoms with van der Waals surface area (Å²) >= 11 is 0. The Hall–Kier alpha value is -2.74. The fourth-order valence-electron chi connectivity index (χ4n) is 3.48. The number of aromatic nitrogens is 5. The van der Waals surface area contributed by atoms with E-state index in [4.69, 9.17) is 4.74 Å². The normalized spacial score (nSPS) is 19.7. The van der Waals surface area contributed by atoms with Crippen LogP contribution in [0.1, 0.15) is 42.9 Å². The Kier molecular flexibility index (Phi) is 4.43. The summed E-state index contributed by atoms with van der Waals surface area (Å²) in [4.78, 5) is 16.9. The Morgan fingerprint density at radius 3 is 2.96 bits per heavy atom. The molecule has 0 saturated carbocycles. The summed E-state index contributed by atoms with van der Waals surface area (Å²) < 4.78 is 9.31. The summed E-state index contributed by atoms with van der Waals surface area (Å²) in [6.07, 6.45) is 5.69. The van der Waals surface area contributed by atoms with Gasteiger partial charge >= 0.3 is 0 Å². The molecule has 4 heterocycles. The van der Waals surface area contributed by atoms with E-state index in [0.717, 1.165) is 42.9 Å². The van der Waals surface area contributed by atoms with Crippen LogP contribution in [0.4, 0.5) is 0 Å². The van der Waals surface area contributed by atoms with Crippen molar-refractivity contribution in [3.63, 3.8) is 0 Å². The van der Waals surface area contributed by atoms with Crippen molar-refractivity contribution in [1.82, 2.24) is 29.7 Å². The molecule has 0 aromatic carbocycles. The second kappa shape index (κ2) is 6.77. The van der Waals surface area contributed by atoms with Gasteiger partial charge in [-0.25, -0.2) is 9.50 Å². The van der Waals surface area contributed by atoms with Gasteiger partial charge in [0, 0.05) is 43.7 Å². The monoisotopic (exact) mass is 368 g/mol. The van der Waals surface area contributed by atoms with Crippen LogP contribution in [-0.4, -0.2) is 49.0 Å². The van der Waals surface area contributed by atoms with Crippen molar-refractivity contribution in [2.75, 3.05) is 13.2 Å². The van der Waals surface area contributed by atoms with Crippen molar-refractivity contribution in [3.05, 3.63) is 35.9 Å². The van der Waals surface area contributed by atoms with Crippen molar-refractivity contribution in [3.8, 4) is 11.3 Å². The van der Waals surface area contributed by atoms with Crippen molar-refractivity contribution in [2.45, 2.75) is 45.8 Å². The first-order chi connectivity index (χ1) is 13.0. The lowest BCUT2D eigenvalue weighted by atomic mass is 10.0. The molecule has 0 radical (unpaired) electrons. The smallest absolute Gasteiger partial charge is 0.271 e. The van der Waals surface area contributed by atoms with E-state index in [-0.39, 0.29) is 11.5 Å². The quantitative estimate of drug-likeness (QED) is 0.746. The summed E-state index contributed by atoms with van der Waals surface area (Å²) in [6.45, 7) is 8.05. The summed E-state index contributed by atoms with van der Waals surface area (Å²) in [7, 11) is 0. The number of fused-ring (bicyclic) bond motifs is 1. The van der Waals surface area contributed by atoms with Gasteiger partial charge in [-0.05, 0) is 39.7 Å². The third-order valence-electron chi connectivity index (χ3n) is 5.06. The lowest BCUT2D eigenvalue weighted by Crippen LogP contribution is -2.40. The number of amides is 1. The highest BCUT2D eigenvalue weighted by atomic mass is 16.5. The molecule has 1 fully saturated rings. The van der Waals surface area contributed by atoms with Crippen LogP contribution in [0.2, 0.25) is 0 Å². The van der Waals surface area contributed by atoms with E-state index < -0.39 is 0 Å². The van der Waals surface area contributed by atoms with Gasteiger partial charge in [0.2, 0.25) is 0 Å². The molecular weight excluding hydrogens is 344 g/mol. The summed E-state index contributed by atoms with van der Waals surface area (Å²) in [5.74, 6) is -0.218. The lowest BCUT2D eigenvalue weighted by Gasteiger charge is -2.22. The van der Waals surface area contributed by atoms with Crippen LogP contribution in [-0.2, 0) is 11.3 Å². The Labute approximate surface area is 157 Å². The molecule has 1 N–H and O–H groups in total. The minimum Gasteiger partial charge on any atom is -0.373 e. The van der Waals surface area contributed by atoms with E-state index in [9.17, 15) is 4.79 Å². The molecule has 27 heavy (non-hydrogen) atoms. The van der Waals surface area contributed by atoms with E-state index in [1.807, 2.05) is 37.7 Å². The van der Waals surface area contributed by atoms with Gasteiger partial charge in [-0.3, -0.25) is 9.48 Å². The third-order valence-corrected chi connectivity index (χ3v) is 5.06. The standard InChI is InChI=1S/C19H24N6O2/c1-4-24-11-14(13(2)22-24)16-6-8-20-17-10-15(23-25(16)17)18(26)21-12-19(3)7-5-9-27-19/h6,8,10-11H,4-5,7,9,12H2,1-3H3,(H,21,26)/t19-/m1/s1. The largest absolute Gasteiger partial charge is 0.373 e. The zero-order valence-corrected chi connectivity index (χ0v) is 15.9. The van der Waals surface area contributed by atoms with Crippen molar-refractivity contribution < 1.29 is 9.53 Å². The van der Waals surface area contributed by atoms with Crippen LogP contribution in [0.15, 0.2) is 24.5 Å². The van der Waals surface area contributed by atoms with Gasteiger partial charge in [-0.2, -0.15) is 10.2 Å². The van der Waals surface area contributed by atoms with Gasteiger partial charge < -0.3 is 10.1 Å². The highest BCUT2D eigenvalue weighted by Gasteiger charge is 2.30. The molecule has 1 amide bonds. The molecule has 0 bridgehead atoms. The predicted octanol–water partition coefficient (Wildman–Crippen LogP) is 2.22. The van der Waals surface area contributed by atoms with Gasteiger partial charge in [0.25, 0.3) is 5.91 Å². The van der Waals surface area contributed by atoms with E-state index in [2.05, 4.69) is 20.5 Å². The first-order valence-electron chi connectivity index (χ1n) is 9.30. The molecule has 142 valence electrons.